The van der Waals surface area contributed by atoms with E-state index in [-0.39, 0.29) is 0 Å². The minimum atomic E-state index is -1.02. The second-order valence-corrected chi connectivity index (χ2v) is 5.52. The van der Waals surface area contributed by atoms with Crippen LogP contribution in [0.5, 0.6) is 11.5 Å². The van der Waals surface area contributed by atoms with Gasteiger partial charge in [0.25, 0.3) is 0 Å². The van der Waals surface area contributed by atoms with E-state index < -0.39 is 5.60 Å². The first kappa shape index (κ1) is 14.9. The maximum atomic E-state index is 10.8. The van der Waals surface area contributed by atoms with Gasteiger partial charge >= 0.3 is 0 Å². The highest BCUT2D eigenvalue weighted by molar-refractivity contribution is 7.10. The van der Waals surface area contributed by atoms with Crippen LogP contribution < -0.4 is 9.47 Å². The van der Waals surface area contributed by atoms with Crippen molar-refractivity contribution < 1.29 is 14.6 Å². The van der Waals surface area contributed by atoms with Crippen molar-refractivity contribution in [2.75, 3.05) is 13.2 Å². The van der Waals surface area contributed by atoms with Gasteiger partial charge in [0, 0.05) is 4.88 Å². The molecule has 1 aromatic carbocycles. The molecule has 0 saturated heterocycles. The number of hydrogen-bond acceptors (Lipinski definition) is 4. The first-order valence-corrected chi connectivity index (χ1v) is 7.64. The second-order valence-electron chi connectivity index (χ2n) is 4.58. The molecule has 2 rings (SSSR count). The topological polar surface area (TPSA) is 38.7 Å². The molecule has 3 nitrogen and oxygen atoms in total. The molecule has 1 heterocycles. The van der Waals surface area contributed by atoms with Crippen molar-refractivity contribution in [2.45, 2.75) is 26.4 Å². The van der Waals surface area contributed by atoms with Crippen molar-refractivity contribution in [1.29, 1.82) is 0 Å². The molecule has 1 unspecified atom stereocenters. The zero-order valence-corrected chi connectivity index (χ0v) is 12.9. The molecule has 20 heavy (non-hydrogen) atoms. The number of hydrogen-bond donors (Lipinski definition) is 1. The quantitative estimate of drug-likeness (QED) is 0.880. The van der Waals surface area contributed by atoms with Crippen LogP contribution in [0.4, 0.5) is 0 Å². The molecule has 0 radical (unpaired) electrons. The summed E-state index contributed by atoms with van der Waals surface area (Å²) in [6, 6.07) is 9.46. The van der Waals surface area contributed by atoms with Gasteiger partial charge in [-0.05, 0) is 49.9 Å². The lowest BCUT2D eigenvalue weighted by molar-refractivity contribution is 0.106. The van der Waals surface area contributed by atoms with Crippen LogP contribution in [-0.4, -0.2) is 18.3 Å². The minimum absolute atomic E-state index is 0.560. The van der Waals surface area contributed by atoms with Gasteiger partial charge in [-0.15, -0.1) is 11.3 Å². The van der Waals surface area contributed by atoms with Gasteiger partial charge in [0.1, 0.15) is 5.60 Å². The van der Waals surface area contributed by atoms with Gasteiger partial charge in [-0.25, -0.2) is 0 Å². The third-order valence-corrected chi connectivity index (χ3v) is 4.19. The maximum Gasteiger partial charge on any atom is 0.161 e. The van der Waals surface area contributed by atoms with Crippen molar-refractivity contribution in [1.82, 2.24) is 0 Å². The van der Waals surface area contributed by atoms with Gasteiger partial charge in [-0.3, -0.25) is 0 Å². The summed E-state index contributed by atoms with van der Waals surface area (Å²) in [4.78, 5) is 0.907. The standard InChI is InChI=1S/C16H20O3S/c1-4-18-13-9-8-12(11-14(13)19-5-2)16(3,17)15-7-6-10-20-15/h6-11,17H,4-5H2,1-3H3. The molecule has 0 aliphatic rings. The van der Waals surface area contributed by atoms with Gasteiger partial charge < -0.3 is 14.6 Å². The van der Waals surface area contributed by atoms with Crippen LogP contribution >= 0.6 is 11.3 Å². The fourth-order valence-electron chi connectivity index (χ4n) is 2.05. The van der Waals surface area contributed by atoms with Crippen molar-refractivity contribution in [3.05, 3.63) is 46.2 Å². The molecular weight excluding hydrogens is 272 g/mol. The van der Waals surface area contributed by atoms with Crippen LogP contribution in [-0.2, 0) is 5.60 Å². The molecule has 0 aliphatic carbocycles. The molecule has 0 bridgehead atoms. The lowest BCUT2D eigenvalue weighted by Crippen LogP contribution is -2.21. The molecule has 0 saturated carbocycles. The zero-order chi connectivity index (χ0) is 14.6. The Hall–Kier alpha value is -1.52. The summed E-state index contributed by atoms with van der Waals surface area (Å²) in [6.07, 6.45) is 0. The van der Waals surface area contributed by atoms with Gasteiger partial charge in [0.2, 0.25) is 0 Å². The molecule has 0 aliphatic heterocycles. The maximum absolute atomic E-state index is 10.8. The van der Waals surface area contributed by atoms with Crippen LogP contribution in [0.25, 0.3) is 0 Å². The van der Waals surface area contributed by atoms with Crippen molar-refractivity contribution in [3.8, 4) is 11.5 Å². The lowest BCUT2D eigenvalue weighted by Gasteiger charge is -2.24. The second kappa shape index (κ2) is 6.29. The van der Waals surface area contributed by atoms with Crippen LogP contribution in [0.1, 0.15) is 31.2 Å². The van der Waals surface area contributed by atoms with E-state index in [9.17, 15) is 5.11 Å². The third-order valence-electron chi connectivity index (χ3n) is 3.11. The van der Waals surface area contributed by atoms with Crippen molar-refractivity contribution in [3.63, 3.8) is 0 Å². The molecule has 1 N–H and O–H groups in total. The van der Waals surface area contributed by atoms with E-state index in [4.69, 9.17) is 9.47 Å². The van der Waals surface area contributed by atoms with Gasteiger partial charge in [-0.1, -0.05) is 12.1 Å². The predicted octanol–water partition coefficient (Wildman–Crippen LogP) is 3.80. The van der Waals surface area contributed by atoms with Crippen molar-refractivity contribution >= 4 is 11.3 Å². The molecule has 4 heteroatoms. The van der Waals surface area contributed by atoms with E-state index >= 15 is 0 Å². The number of aliphatic hydroxyl groups is 1. The Morgan fingerprint density at radius 3 is 2.40 bits per heavy atom. The average Bonchev–Trinajstić information content (AvgIpc) is 2.96. The van der Waals surface area contributed by atoms with E-state index in [1.165, 1.54) is 11.3 Å². The number of thiophene rings is 1. The Morgan fingerprint density at radius 2 is 1.80 bits per heavy atom. The predicted molar refractivity (Wildman–Crippen MR) is 81.8 cm³/mol. The Morgan fingerprint density at radius 1 is 1.10 bits per heavy atom. The molecule has 108 valence electrons. The average molecular weight is 292 g/mol. The highest BCUT2D eigenvalue weighted by Crippen LogP contribution is 2.37. The molecule has 1 atom stereocenters. The van der Waals surface area contributed by atoms with E-state index in [1.807, 2.05) is 49.6 Å². The smallest absolute Gasteiger partial charge is 0.161 e. The number of ether oxygens (including phenoxy) is 2. The summed E-state index contributed by atoms with van der Waals surface area (Å²) in [7, 11) is 0. The van der Waals surface area contributed by atoms with E-state index in [2.05, 4.69) is 0 Å². The normalized spacial score (nSPS) is 13.8. The molecule has 0 fully saturated rings. The summed E-state index contributed by atoms with van der Waals surface area (Å²) in [5.74, 6) is 1.38. The Labute approximate surface area is 123 Å². The van der Waals surface area contributed by atoms with Crippen LogP contribution in [0.3, 0.4) is 0 Å². The number of rotatable bonds is 6. The molecule has 2 aromatic rings. The van der Waals surface area contributed by atoms with Gasteiger partial charge in [0.15, 0.2) is 11.5 Å². The largest absolute Gasteiger partial charge is 0.490 e. The fraction of sp³-hybridized carbons (Fsp3) is 0.375. The highest BCUT2D eigenvalue weighted by atomic mass is 32.1. The van der Waals surface area contributed by atoms with E-state index in [0.29, 0.717) is 24.7 Å². The first-order chi connectivity index (χ1) is 9.59. The minimum Gasteiger partial charge on any atom is -0.490 e. The SMILES string of the molecule is CCOc1ccc(C(C)(O)c2cccs2)cc1OCC. The third kappa shape index (κ3) is 2.97. The summed E-state index contributed by atoms with van der Waals surface area (Å²) < 4.78 is 11.2. The molecular formula is C16H20O3S. The monoisotopic (exact) mass is 292 g/mol. The molecule has 0 amide bonds. The lowest BCUT2D eigenvalue weighted by atomic mass is 9.94. The van der Waals surface area contributed by atoms with Gasteiger partial charge in [0.05, 0.1) is 13.2 Å². The Balaban J connectivity index is 2.40. The van der Waals surface area contributed by atoms with Crippen molar-refractivity contribution in [2.24, 2.45) is 0 Å². The summed E-state index contributed by atoms with van der Waals surface area (Å²) in [6.45, 7) is 6.81. The molecule has 1 aromatic heterocycles. The van der Waals surface area contributed by atoms with E-state index in [0.717, 1.165) is 10.4 Å². The Bertz CT molecular complexity index is 547. The molecule has 0 spiro atoms. The Kier molecular flexibility index (Phi) is 4.68. The highest BCUT2D eigenvalue weighted by Gasteiger charge is 2.27. The number of benzene rings is 1. The summed E-state index contributed by atoms with van der Waals surface area (Å²) >= 11 is 1.54. The van der Waals surface area contributed by atoms with Crippen LogP contribution in [0.2, 0.25) is 0 Å². The summed E-state index contributed by atoms with van der Waals surface area (Å²) in [5.41, 5.74) is -0.225. The van der Waals surface area contributed by atoms with E-state index in [1.54, 1.807) is 6.92 Å². The van der Waals surface area contributed by atoms with Gasteiger partial charge in [-0.2, -0.15) is 0 Å². The van der Waals surface area contributed by atoms with Crippen LogP contribution in [0.15, 0.2) is 35.7 Å². The summed E-state index contributed by atoms with van der Waals surface area (Å²) in [5, 5.41) is 12.7. The fourth-order valence-corrected chi connectivity index (χ4v) is 2.86. The van der Waals surface area contributed by atoms with Crippen LogP contribution in [0, 0.1) is 0 Å². The first-order valence-electron chi connectivity index (χ1n) is 6.76. The zero-order valence-electron chi connectivity index (χ0n) is 12.1.